The van der Waals surface area contributed by atoms with Gasteiger partial charge in [0.05, 0.1) is 18.1 Å². The second kappa shape index (κ2) is 9.75. The van der Waals surface area contributed by atoms with Crippen molar-refractivity contribution in [3.63, 3.8) is 0 Å². The van der Waals surface area contributed by atoms with Crippen molar-refractivity contribution in [1.82, 2.24) is 10.6 Å². The monoisotopic (exact) mass is 371 g/mol. The van der Waals surface area contributed by atoms with Gasteiger partial charge in [-0.15, -0.1) is 0 Å². The second-order valence-corrected chi connectivity index (χ2v) is 7.12. The van der Waals surface area contributed by atoms with Gasteiger partial charge in [0.25, 0.3) is 0 Å². The van der Waals surface area contributed by atoms with E-state index in [0.717, 1.165) is 5.96 Å². The smallest absolute Gasteiger partial charge is 0.192 e. The number of hydrogen-bond donors (Lipinski definition) is 2. The summed E-state index contributed by atoms with van der Waals surface area (Å²) in [6, 6.07) is 31.6. The number of guanidine groups is 1. The molecule has 2 N–H and O–H groups in total. The lowest BCUT2D eigenvalue weighted by molar-refractivity contribution is 0.630. The van der Waals surface area contributed by atoms with Crippen LogP contribution in [-0.2, 0) is 0 Å². The Hall–Kier alpha value is -3.07. The zero-order valence-electron chi connectivity index (χ0n) is 16.8. The van der Waals surface area contributed by atoms with Gasteiger partial charge >= 0.3 is 0 Å². The fourth-order valence-electron chi connectivity index (χ4n) is 3.18. The Morgan fingerprint density at radius 3 is 1.32 bits per heavy atom. The molecule has 0 saturated heterocycles. The minimum Gasteiger partial charge on any atom is -0.350 e. The lowest BCUT2D eigenvalue weighted by Crippen LogP contribution is -2.40. The van der Waals surface area contributed by atoms with E-state index in [1.54, 1.807) is 0 Å². The largest absolute Gasteiger partial charge is 0.350 e. The van der Waals surface area contributed by atoms with E-state index in [1.165, 1.54) is 16.7 Å². The first-order valence-corrected chi connectivity index (χ1v) is 9.89. The quantitative estimate of drug-likeness (QED) is 0.424. The third-order valence-corrected chi connectivity index (χ3v) is 4.91. The summed E-state index contributed by atoms with van der Waals surface area (Å²) < 4.78 is 0. The maximum Gasteiger partial charge on any atom is 0.192 e. The van der Waals surface area contributed by atoms with Crippen LogP contribution >= 0.6 is 0 Å². The van der Waals surface area contributed by atoms with Crippen molar-refractivity contribution in [2.24, 2.45) is 4.99 Å². The summed E-state index contributed by atoms with van der Waals surface area (Å²) in [4.78, 5) is 4.97. The number of aliphatic imine (C=N–C) groups is 1. The van der Waals surface area contributed by atoms with Crippen molar-refractivity contribution in [3.05, 3.63) is 108 Å². The molecule has 0 fully saturated rings. The third-order valence-electron chi connectivity index (χ3n) is 4.91. The van der Waals surface area contributed by atoms with Crippen molar-refractivity contribution in [2.75, 3.05) is 0 Å². The maximum absolute atomic E-state index is 4.97. The Morgan fingerprint density at radius 2 is 0.929 bits per heavy atom. The topological polar surface area (TPSA) is 36.4 Å². The summed E-state index contributed by atoms with van der Waals surface area (Å²) in [5.74, 6) is 0.809. The van der Waals surface area contributed by atoms with E-state index in [2.05, 4.69) is 104 Å². The van der Waals surface area contributed by atoms with Crippen molar-refractivity contribution in [2.45, 2.75) is 38.9 Å². The second-order valence-electron chi connectivity index (χ2n) is 7.12. The molecule has 3 rings (SSSR count). The number of hydrogen-bond acceptors (Lipinski definition) is 1. The molecule has 3 heteroatoms. The van der Waals surface area contributed by atoms with Crippen LogP contribution in [0, 0.1) is 0 Å². The molecule has 0 aliphatic carbocycles. The van der Waals surface area contributed by atoms with E-state index in [0.29, 0.717) is 0 Å². The lowest BCUT2D eigenvalue weighted by Gasteiger charge is -2.23. The van der Waals surface area contributed by atoms with Gasteiger partial charge in [-0.25, -0.2) is 4.99 Å². The molecule has 0 aliphatic rings. The van der Waals surface area contributed by atoms with Crippen LogP contribution in [0.3, 0.4) is 0 Å². The van der Waals surface area contributed by atoms with Gasteiger partial charge < -0.3 is 10.6 Å². The van der Waals surface area contributed by atoms with Gasteiger partial charge in [-0.2, -0.15) is 0 Å². The van der Waals surface area contributed by atoms with E-state index >= 15 is 0 Å². The molecule has 0 aromatic heterocycles. The van der Waals surface area contributed by atoms with Gasteiger partial charge in [0, 0.05) is 0 Å². The first kappa shape index (κ1) is 19.7. The molecule has 0 unspecified atom stereocenters. The van der Waals surface area contributed by atoms with Crippen LogP contribution in [0.15, 0.2) is 96.0 Å². The lowest BCUT2D eigenvalue weighted by atomic mass is 10.1. The van der Waals surface area contributed by atoms with Crippen LogP contribution in [0.5, 0.6) is 0 Å². The van der Waals surface area contributed by atoms with Gasteiger partial charge in [0.15, 0.2) is 5.96 Å². The minimum atomic E-state index is 0.0575. The summed E-state index contributed by atoms with van der Waals surface area (Å²) >= 11 is 0. The molecule has 3 atom stereocenters. The standard InChI is InChI=1S/C25H29N3/c1-19(22-13-7-4-8-14-22)26-25(27-20(2)23-15-9-5-10-16-23)28-21(3)24-17-11-6-12-18-24/h4-21H,1-3H3,(H2,26,27,28)/t19-,20-,21-/m0/s1. The highest BCUT2D eigenvalue weighted by Crippen LogP contribution is 2.18. The molecular weight excluding hydrogens is 342 g/mol. The average molecular weight is 372 g/mol. The van der Waals surface area contributed by atoms with Gasteiger partial charge in [0.1, 0.15) is 0 Å². The fraction of sp³-hybridized carbons (Fsp3) is 0.240. The molecule has 144 valence electrons. The van der Waals surface area contributed by atoms with Gasteiger partial charge in [-0.05, 0) is 37.5 Å². The van der Waals surface area contributed by atoms with Crippen LogP contribution < -0.4 is 10.6 Å². The Labute approximate surface area is 168 Å². The van der Waals surface area contributed by atoms with Gasteiger partial charge in [-0.1, -0.05) is 91.0 Å². The average Bonchev–Trinajstić information content (AvgIpc) is 2.75. The molecule has 0 aliphatic heterocycles. The summed E-state index contributed by atoms with van der Waals surface area (Å²) in [6.45, 7) is 6.44. The SMILES string of the molecule is C[C@H](N=C(N[C@@H](C)c1ccccc1)N[C@@H](C)c1ccccc1)c1ccccc1. The summed E-state index contributed by atoms with van der Waals surface area (Å²) in [6.07, 6.45) is 0. The molecule has 3 aromatic carbocycles. The highest BCUT2D eigenvalue weighted by Gasteiger charge is 2.13. The van der Waals surface area contributed by atoms with Crippen molar-refractivity contribution in [1.29, 1.82) is 0 Å². The minimum absolute atomic E-state index is 0.0575. The molecule has 0 spiro atoms. The summed E-state index contributed by atoms with van der Waals surface area (Å²) in [5, 5.41) is 7.15. The third kappa shape index (κ3) is 5.46. The van der Waals surface area contributed by atoms with Crippen LogP contribution in [0.1, 0.15) is 55.6 Å². The number of benzene rings is 3. The van der Waals surface area contributed by atoms with Crippen molar-refractivity contribution >= 4 is 5.96 Å². The highest BCUT2D eigenvalue weighted by atomic mass is 15.2. The molecule has 0 radical (unpaired) electrons. The van der Waals surface area contributed by atoms with E-state index in [4.69, 9.17) is 4.99 Å². The van der Waals surface area contributed by atoms with E-state index in [1.807, 2.05) is 18.2 Å². The molecule has 3 nitrogen and oxygen atoms in total. The van der Waals surface area contributed by atoms with Gasteiger partial charge in [0.2, 0.25) is 0 Å². The Bertz CT molecular complexity index is 811. The highest BCUT2D eigenvalue weighted by molar-refractivity contribution is 5.81. The van der Waals surface area contributed by atoms with Gasteiger partial charge in [-0.3, -0.25) is 0 Å². The number of nitrogens with one attached hydrogen (secondary N) is 2. The first-order valence-electron chi connectivity index (χ1n) is 9.89. The fourth-order valence-corrected chi connectivity index (χ4v) is 3.18. The normalized spacial score (nSPS) is 13.8. The van der Waals surface area contributed by atoms with Crippen LogP contribution in [-0.4, -0.2) is 5.96 Å². The van der Waals surface area contributed by atoms with Crippen LogP contribution in [0.25, 0.3) is 0 Å². The molecule has 3 aromatic rings. The predicted octanol–water partition coefficient (Wildman–Crippen LogP) is 5.81. The Morgan fingerprint density at radius 1 is 0.571 bits per heavy atom. The molecule has 0 bridgehead atoms. The summed E-state index contributed by atoms with van der Waals surface area (Å²) in [7, 11) is 0. The molecule has 0 amide bonds. The number of nitrogens with zero attached hydrogens (tertiary/aromatic N) is 1. The maximum atomic E-state index is 4.97. The van der Waals surface area contributed by atoms with Crippen LogP contribution in [0.4, 0.5) is 0 Å². The van der Waals surface area contributed by atoms with Crippen molar-refractivity contribution < 1.29 is 0 Å². The van der Waals surface area contributed by atoms with E-state index in [9.17, 15) is 0 Å². The summed E-state index contributed by atoms with van der Waals surface area (Å²) in [5.41, 5.74) is 3.66. The Balaban J connectivity index is 1.81. The molecule has 0 saturated carbocycles. The molecular formula is C25H29N3. The molecule has 28 heavy (non-hydrogen) atoms. The number of rotatable bonds is 6. The Kier molecular flexibility index (Phi) is 6.85. The van der Waals surface area contributed by atoms with Crippen molar-refractivity contribution in [3.8, 4) is 0 Å². The van der Waals surface area contributed by atoms with E-state index in [-0.39, 0.29) is 18.1 Å². The van der Waals surface area contributed by atoms with Crippen LogP contribution in [0.2, 0.25) is 0 Å². The molecule has 0 heterocycles. The zero-order valence-corrected chi connectivity index (χ0v) is 16.8. The zero-order chi connectivity index (χ0) is 19.8. The first-order chi connectivity index (χ1) is 13.6. The van der Waals surface area contributed by atoms with E-state index < -0.39 is 0 Å². The predicted molar refractivity (Wildman–Crippen MR) is 118 cm³/mol.